The van der Waals surface area contributed by atoms with E-state index in [9.17, 15) is 0 Å². The molecule has 0 aromatic rings. The number of rotatable bonds is 8. The van der Waals surface area contributed by atoms with Gasteiger partial charge in [-0.05, 0) is 25.7 Å². The lowest BCUT2D eigenvalue weighted by Crippen LogP contribution is -2.55. The van der Waals surface area contributed by atoms with Gasteiger partial charge in [0.1, 0.15) is 0 Å². The van der Waals surface area contributed by atoms with E-state index in [4.69, 9.17) is 0 Å². The van der Waals surface area contributed by atoms with E-state index in [1.807, 2.05) is 0 Å². The average Bonchev–Trinajstić information content (AvgIpc) is 2.24. The molecule has 0 heterocycles. The molecule has 112 valence electrons. The molecule has 2 N–H and O–H groups in total. The van der Waals surface area contributed by atoms with E-state index in [1.54, 1.807) is 0 Å². The molecule has 2 heteroatoms. The second kappa shape index (κ2) is 6.49. The molecule has 0 aliphatic carbocycles. The predicted octanol–water partition coefficient (Wildman–Crippen LogP) is 4.31. The minimum Gasteiger partial charge on any atom is -0.388 e. The van der Waals surface area contributed by atoms with Gasteiger partial charge in [-0.15, -0.1) is 0 Å². The lowest BCUT2D eigenvalue weighted by molar-refractivity contribution is 0.162. The summed E-state index contributed by atoms with van der Waals surface area (Å²) in [6.07, 6.45) is 0. The molecule has 2 nitrogen and oxygen atoms in total. The largest absolute Gasteiger partial charge is 0.388 e. The summed E-state index contributed by atoms with van der Waals surface area (Å²) in [7, 11) is 0. The first kappa shape index (κ1) is 18.1. The molecule has 0 spiro atoms. The fourth-order valence-corrected chi connectivity index (χ4v) is 1.47. The Labute approximate surface area is 120 Å². The van der Waals surface area contributed by atoms with Crippen molar-refractivity contribution in [1.29, 1.82) is 0 Å². The quantitative estimate of drug-likeness (QED) is 0.684. The second-order valence-electron chi connectivity index (χ2n) is 7.35. The van der Waals surface area contributed by atoms with Crippen molar-refractivity contribution < 1.29 is 0 Å². The van der Waals surface area contributed by atoms with Crippen LogP contribution >= 0.6 is 0 Å². The van der Waals surface area contributed by atoms with E-state index in [1.165, 1.54) is 0 Å². The Morgan fingerprint density at radius 2 is 1.32 bits per heavy atom. The smallest absolute Gasteiger partial charge is 0.0382 e. The fraction of sp³-hybridized carbons (Fsp3) is 0.765. The van der Waals surface area contributed by atoms with E-state index >= 15 is 0 Å². The first-order valence-electron chi connectivity index (χ1n) is 7.30. The maximum absolute atomic E-state index is 4.13. The van der Waals surface area contributed by atoms with Crippen LogP contribution in [0.5, 0.6) is 0 Å². The third-order valence-corrected chi connectivity index (χ3v) is 4.32. The summed E-state index contributed by atoms with van der Waals surface area (Å²) in [6.45, 7) is 26.8. The van der Waals surface area contributed by atoms with Gasteiger partial charge in [-0.25, -0.2) is 0 Å². The van der Waals surface area contributed by atoms with Crippen molar-refractivity contribution >= 4 is 0 Å². The van der Waals surface area contributed by atoms with Crippen LogP contribution in [0.3, 0.4) is 0 Å². The second-order valence-corrected chi connectivity index (χ2v) is 7.35. The van der Waals surface area contributed by atoms with E-state index in [0.717, 1.165) is 17.9 Å². The molecule has 0 unspecified atom stereocenters. The summed E-state index contributed by atoms with van der Waals surface area (Å²) < 4.78 is 0. The predicted molar refractivity (Wildman–Crippen MR) is 87.0 cm³/mol. The first-order chi connectivity index (χ1) is 8.40. The highest BCUT2D eigenvalue weighted by molar-refractivity contribution is 5.07. The van der Waals surface area contributed by atoms with Gasteiger partial charge >= 0.3 is 0 Å². The van der Waals surface area contributed by atoms with Crippen LogP contribution in [-0.4, -0.2) is 12.1 Å². The molecule has 0 aromatic carbocycles. The van der Waals surface area contributed by atoms with Gasteiger partial charge in [0.15, 0.2) is 0 Å². The molecule has 0 radical (unpaired) electrons. The third kappa shape index (κ3) is 5.30. The molecule has 0 bridgehead atoms. The van der Waals surface area contributed by atoms with E-state index in [2.05, 4.69) is 79.2 Å². The summed E-state index contributed by atoms with van der Waals surface area (Å²) in [6, 6.07) is 0. The maximum atomic E-state index is 4.13. The van der Waals surface area contributed by atoms with Gasteiger partial charge in [-0.3, -0.25) is 0 Å². The van der Waals surface area contributed by atoms with Crippen LogP contribution < -0.4 is 10.6 Å². The highest BCUT2D eigenvalue weighted by Crippen LogP contribution is 2.31. The molecule has 0 aliphatic rings. The highest BCUT2D eigenvalue weighted by atomic mass is 15.0. The molecule has 0 saturated heterocycles. The van der Waals surface area contributed by atoms with Crippen molar-refractivity contribution in [2.24, 2.45) is 17.3 Å². The Morgan fingerprint density at radius 3 is 1.68 bits per heavy atom. The molecule has 0 rings (SSSR count). The number of hydrogen-bond donors (Lipinski definition) is 2. The fourth-order valence-electron chi connectivity index (χ4n) is 1.47. The minimum absolute atomic E-state index is 0.0292. The lowest BCUT2D eigenvalue weighted by Gasteiger charge is -2.44. The van der Waals surface area contributed by atoms with Crippen LogP contribution in [0.1, 0.15) is 55.4 Å². The Balaban J connectivity index is 4.68. The number of nitrogens with one attached hydrogen (secondary N) is 2. The summed E-state index contributed by atoms with van der Waals surface area (Å²) >= 11 is 0. The van der Waals surface area contributed by atoms with Crippen molar-refractivity contribution in [2.75, 3.05) is 6.54 Å². The summed E-state index contributed by atoms with van der Waals surface area (Å²) in [5.41, 5.74) is 2.26. The zero-order valence-corrected chi connectivity index (χ0v) is 14.3. The Morgan fingerprint density at radius 1 is 0.895 bits per heavy atom. The SMILES string of the molecule is C=C(NCC(C)(C)C(C)(C)NC(=C)C(C)C)C(C)C. The number of hydrogen-bond acceptors (Lipinski definition) is 2. The summed E-state index contributed by atoms with van der Waals surface area (Å²) in [5.74, 6) is 0.922. The molecular weight excluding hydrogens is 232 g/mol. The first-order valence-corrected chi connectivity index (χ1v) is 7.30. The van der Waals surface area contributed by atoms with Crippen molar-refractivity contribution in [2.45, 2.75) is 60.9 Å². The molecule has 19 heavy (non-hydrogen) atoms. The van der Waals surface area contributed by atoms with Gasteiger partial charge in [-0.2, -0.15) is 0 Å². The molecule has 0 saturated carbocycles. The summed E-state index contributed by atoms with van der Waals surface area (Å²) in [5, 5.41) is 7.05. The van der Waals surface area contributed by atoms with Gasteiger partial charge in [0.05, 0.1) is 0 Å². The van der Waals surface area contributed by atoms with Crippen LogP contribution in [0, 0.1) is 17.3 Å². The zero-order valence-electron chi connectivity index (χ0n) is 14.3. The standard InChI is InChI=1S/C17H34N2/c1-12(2)14(5)18-11-16(7,8)17(9,10)19-15(6)13(3)4/h12-13,18-19H,5-6,11H2,1-4,7-10H3. The molecular formula is C17H34N2. The molecule has 0 aliphatic heterocycles. The molecule has 0 amide bonds. The Hall–Kier alpha value is -0.920. The van der Waals surface area contributed by atoms with Gasteiger partial charge in [0, 0.05) is 28.9 Å². The van der Waals surface area contributed by atoms with Crippen LogP contribution in [0.4, 0.5) is 0 Å². The molecule has 0 atom stereocenters. The van der Waals surface area contributed by atoms with Crippen LogP contribution in [0.25, 0.3) is 0 Å². The van der Waals surface area contributed by atoms with Gasteiger partial charge in [0.25, 0.3) is 0 Å². The number of allylic oxidation sites excluding steroid dienone is 2. The molecule has 0 fully saturated rings. The van der Waals surface area contributed by atoms with E-state index in [0.29, 0.717) is 11.8 Å². The Kier molecular flexibility index (Phi) is 6.18. The molecule has 0 aromatic heterocycles. The maximum Gasteiger partial charge on any atom is 0.0382 e. The van der Waals surface area contributed by atoms with Crippen LogP contribution in [-0.2, 0) is 0 Å². The van der Waals surface area contributed by atoms with Gasteiger partial charge in [-0.1, -0.05) is 54.7 Å². The Bertz CT molecular complexity index is 322. The zero-order chi connectivity index (χ0) is 15.4. The van der Waals surface area contributed by atoms with Gasteiger partial charge in [0.2, 0.25) is 0 Å². The van der Waals surface area contributed by atoms with Crippen LogP contribution in [0.15, 0.2) is 24.6 Å². The van der Waals surface area contributed by atoms with Gasteiger partial charge < -0.3 is 10.6 Å². The van der Waals surface area contributed by atoms with E-state index in [-0.39, 0.29) is 11.0 Å². The van der Waals surface area contributed by atoms with E-state index < -0.39 is 0 Å². The van der Waals surface area contributed by atoms with Crippen molar-refractivity contribution in [1.82, 2.24) is 10.6 Å². The van der Waals surface area contributed by atoms with Crippen molar-refractivity contribution in [3.63, 3.8) is 0 Å². The highest BCUT2D eigenvalue weighted by Gasteiger charge is 2.37. The normalized spacial score (nSPS) is 12.7. The third-order valence-electron chi connectivity index (χ3n) is 4.32. The van der Waals surface area contributed by atoms with Crippen LogP contribution in [0.2, 0.25) is 0 Å². The van der Waals surface area contributed by atoms with Crippen molar-refractivity contribution in [3.05, 3.63) is 24.6 Å². The average molecular weight is 266 g/mol. The lowest BCUT2D eigenvalue weighted by atomic mass is 9.74. The monoisotopic (exact) mass is 266 g/mol. The topological polar surface area (TPSA) is 24.1 Å². The summed E-state index contributed by atoms with van der Waals surface area (Å²) in [4.78, 5) is 0. The minimum atomic E-state index is -0.0292. The van der Waals surface area contributed by atoms with Crippen molar-refractivity contribution in [3.8, 4) is 0 Å².